The molecule has 1 unspecified atom stereocenters. The van der Waals surface area contributed by atoms with Crippen LogP contribution in [-0.2, 0) is 12.8 Å². The number of hydrogen-bond acceptors (Lipinski definition) is 2. The Morgan fingerprint density at radius 2 is 2.00 bits per heavy atom. The fraction of sp³-hybridized carbons (Fsp3) is 0.533. The van der Waals surface area contributed by atoms with Crippen molar-refractivity contribution >= 4 is 6.03 Å². The molecule has 104 valence electrons. The zero-order valence-electron chi connectivity index (χ0n) is 11.8. The van der Waals surface area contributed by atoms with Gasteiger partial charge in [0.2, 0.25) is 0 Å². The van der Waals surface area contributed by atoms with Crippen LogP contribution >= 0.6 is 0 Å². The molecule has 2 rings (SSSR count). The summed E-state index contributed by atoms with van der Waals surface area (Å²) in [5, 5.41) is 6.39. The average Bonchev–Trinajstić information content (AvgIpc) is 2.43. The van der Waals surface area contributed by atoms with Gasteiger partial charge in [-0.1, -0.05) is 24.3 Å². The van der Waals surface area contributed by atoms with Gasteiger partial charge < -0.3 is 15.5 Å². The molecule has 0 saturated heterocycles. The molecule has 1 atom stereocenters. The Morgan fingerprint density at radius 1 is 1.26 bits per heavy atom. The summed E-state index contributed by atoms with van der Waals surface area (Å²) < 4.78 is 0. The van der Waals surface area contributed by atoms with Gasteiger partial charge in [0.15, 0.2) is 0 Å². The quantitative estimate of drug-likeness (QED) is 0.805. The number of carbonyl (C=O) groups is 1. The van der Waals surface area contributed by atoms with Gasteiger partial charge in [-0.15, -0.1) is 0 Å². The summed E-state index contributed by atoms with van der Waals surface area (Å²) in [6, 6.07) is 9.17. The van der Waals surface area contributed by atoms with Crippen LogP contribution in [-0.4, -0.2) is 44.2 Å². The molecule has 0 aromatic heterocycles. The molecule has 4 nitrogen and oxygen atoms in total. The first kappa shape index (κ1) is 13.9. The number of rotatable bonds is 4. The first-order valence-corrected chi connectivity index (χ1v) is 6.92. The van der Waals surface area contributed by atoms with Crippen molar-refractivity contribution in [3.63, 3.8) is 0 Å². The summed E-state index contributed by atoms with van der Waals surface area (Å²) in [7, 11) is 3.50. The third kappa shape index (κ3) is 3.96. The molecular weight excluding hydrogens is 238 g/mol. The molecule has 0 bridgehead atoms. The lowest BCUT2D eigenvalue weighted by molar-refractivity contribution is 0.217. The summed E-state index contributed by atoms with van der Waals surface area (Å²) in [5.41, 5.74) is 2.95. The maximum atomic E-state index is 11.3. The van der Waals surface area contributed by atoms with Gasteiger partial charge in [-0.25, -0.2) is 4.79 Å². The Bertz CT molecular complexity index is 431. The highest BCUT2D eigenvalue weighted by atomic mass is 16.2. The topological polar surface area (TPSA) is 44.4 Å². The van der Waals surface area contributed by atoms with E-state index in [4.69, 9.17) is 0 Å². The first-order valence-electron chi connectivity index (χ1n) is 6.92. The molecule has 0 fully saturated rings. The van der Waals surface area contributed by atoms with Crippen LogP contribution in [0.15, 0.2) is 24.3 Å². The van der Waals surface area contributed by atoms with Gasteiger partial charge in [0.1, 0.15) is 0 Å². The van der Waals surface area contributed by atoms with Gasteiger partial charge in [-0.2, -0.15) is 0 Å². The molecule has 0 radical (unpaired) electrons. The highest BCUT2D eigenvalue weighted by molar-refractivity contribution is 5.73. The van der Waals surface area contributed by atoms with Crippen LogP contribution in [0.3, 0.4) is 0 Å². The molecule has 19 heavy (non-hydrogen) atoms. The van der Waals surface area contributed by atoms with E-state index in [2.05, 4.69) is 34.9 Å². The molecule has 0 heterocycles. The fourth-order valence-electron chi connectivity index (χ4n) is 2.48. The average molecular weight is 261 g/mol. The monoisotopic (exact) mass is 261 g/mol. The van der Waals surface area contributed by atoms with E-state index in [9.17, 15) is 4.79 Å². The minimum Gasteiger partial charge on any atom is -0.337 e. The largest absolute Gasteiger partial charge is 0.337 e. The first-order chi connectivity index (χ1) is 9.16. The molecular formula is C15H23N3O. The number of benzene rings is 1. The Balaban J connectivity index is 1.70. The molecule has 2 amide bonds. The number of nitrogens with one attached hydrogen (secondary N) is 2. The second-order valence-electron chi connectivity index (χ2n) is 5.29. The smallest absolute Gasteiger partial charge is 0.316 e. The van der Waals surface area contributed by atoms with Gasteiger partial charge in [0.05, 0.1) is 0 Å². The van der Waals surface area contributed by atoms with Crippen molar-refractivity contribution in [1.29, 1.82) is 0 Å². The second-order valence-corrected chi connectivity index (χ2v) is 5.29. The van der Waals surface area contributed by atoms with Gasteiger partial charge in [-0.05, 0) is 30.4 Å². The summed E-state index contributed by atoms with van der Waals surface area (Å²) in [4.78, 5) is 12.9. The third-order valence-corrected chi connectivity index (χ3v) is 3.59. The lowest BCUT2D eigenvalue weighted by Crippen LogP contribution is -2.42. The molecule has 0 spiro atoms. The zero-order chi connectivity index (χ0) is 13.7. The standard InChI is InChI=1S/C15H23N3O/c1-18(2)15(19)17-10-9-16-14-8-7-12-5-3-4-6-13(12)11-14/h3-6,14,16H,7-11H2,1-2H3,(H,17,19). The summed E-state index contributed by atoms with van der Waals surface area (Å²) in [6.07, 6.45) is 3.42. The minimum atomic E-state index is -0.0317. The molecule has 0 saturated carbocycles. The number of carbonyl (C=O) groups excluding carboxylic acids is 1. The van der Waals surface area contributed by atoms with Crippen LogP contribution in [0.2, 0.25) is 0 Å². The lowest BCUT2D eigenvalue weighted by Gasteiger charge is -2.25. The normalized spacial score (nSPS) is 17.7. The van der Waals surface area contributed by atoms with Crippen LogP contribution in [0, 0.1) is 0 Å². The maximum Gasteiger partial charge on any atom is 0.316 e. The Hall–Kier alpha value is -1.55. The predicted octanol–water partition coefficient (Wildman–Crippen LogP) is 1.40. The summed E-state index contributed by atoms with van der Waals surface area (Å²) >= 11 is 0. The summed E-state index contributed by atoms with van der Waals surface area (Å²) in [5.74, 6) is 0. The Kier molecular flexibility index (Phi) is 4.80. The Morgan fingerprint density at radius 3 is 2.74 bits per heavy atom. The highest BCUT2D eigenvalue weighted by Gasteiger charge is 2.17. The van der Waals surface area contributed by atoms with Crippen molar-refractivity contribution in [2.75, 3.05) is 27.2 Å². The predicted molar refractivity (Wildman–Crippen MR) is 77.3 cm³/mol. The minimum absolute atomic E-state index is 0.0317. The molecule has 4 heteroatoms. The van der Waals surface area contributed by atoms with Gasteiger partial charge in [0.25, 0.3) is 0 Å². The van der Waals surface area contributed by atoms with Crippen LogP contribution in [0.1, 0.15) is 17.5 Å². The van der Waals surface area contributed by atoms with E-state index in [0.29, 0.717) is 12.6 Å². The van der Waals surface area contributed by atoms with E-state index in [1.807, 2.05) is 0 Å². The van der Waals surface area contributed by atoms with Crippen molar-refractivity contribution in [3.8, 4) is 0 Å². The van der Waals surface area contributed by atoms with Crippen LogP contribution in [0.25, 0.3) is 0 Å². The molecule has 1 aliphatic rings. The summed E-state index contributed by atoms with van der Waals surface area (Å²) in [6.45, 7) is 1.50. The number of fused-ring (bicyclic) bond motifs is 1. The fourth-order valence-corrected chi connectivity index (χ4v) is 2.48. The van der Waals surface area contributed by atoms with Crippen molar-refractivity contribution in [2.24, 2.45) is 0 Å². The SMILES string of the molecule is CN(C)C(=O)NCCNC1CCc2ccccc2C1. The zero-order valence-corrected chi connectivity index (χ0v) is 11.8. The van der Waals surface area contributed by atoms with Crippen LogP contribution < -0.4 is 10.6 Å². The van der Waals surface area contributed by atoms with E-state index >= 15 is 0 Å². The molecule has 1 aromatic carbocycles. The maximum absolute atomic E-state index is 11.3. The van der Waals surface area contributed by atoms with E-state index in [0.717, 1.165) is 19.4 Å². The van der Waals surface area contributed by atoms with Crippen molar-refractivity contribution in [3.05, 3.63) is 35.4 Å². The number of urea groups is 1. The van der Waals surface area contributed by atoms with E-state index in [1.54, 1.807) is 19.0 Å². The van der Waals surface area contributed by atoms with Crippen LogP contribution in [0.5, 0.6) is 0 Å². The highest BCUT2D eigenvalue weighted by Crippen LogP contribution is 2.20. The third-order valence-electron chi connectivity index (χ3n) is 3.59. The number of nitrogens with zero attached hydrogens (tertiary/aromatic N) is 1. The number of hydrogen-bond donors (Lipinski definition) is 2. The Labute approximate surface area is 115 Å². The van der Waals surface area contributed by atoms with Gasteiger partial charge in [-0.3, -0.25) is 0 Å². The van der Waals surface area contributed by atoms with Crippen molar-refractivity contribution < 1.29 is 4.79 Å². The molecule has 2 N–H and O–H groups in total. The van der Waals surface area contributed by atoms with Gasteiger partial charge in [0, 0.05) is 33.2 Å². The number of amides is 2. The lowest BCUT2D eigenvalue weighted by atomic mass is 9.88. The molecule has 0 aliphatic heterocycles. The second kappa shape index (κ2) is 6.57. The van der Waals surface area contributed by atoms with Crippen molar-refractivity contribution in [1.82, 2.24) is 15.5 Å². The van der Waals surface area contributed by atoms with E-state index in [-0.39, 0.29) is 6.03 Å². The van der Waals surface area contributed by atoms with Gasteiger partial charge >= 0.3 is 6.03 Å². The number of aryl methyl sites for hydroxylation is 1. The molecule has 1 aromatic rings. The molecule has 1 aliphatic carbocycles. The van der Waals surface area contributed by atoms with Crippen molar-refractivity contribution in [2.45, 2.75) is 25.3 Å². The van der Waals surface area contributed by atoms with E-state index < -0.39 is 0 Å². The van der Waals surface area contributed by atoms with Crippen LogP contribution in [0.4, 0.5) is 4.79 Å². The van der Waals surface area contributed by atoms with E-state index in [1.165, 1.54) is 17.5 Å².